The number of alkyl halides is 3. The largest absolute Gasteiger partial charge is 0.416 e. The summed E-state index contributed by atoms with van der Waals surface area (Å²) in [4.78, 5) is 25.1. The van der Waals surface area contributed by atoms with Gasteiger partial charge >= 0.3 is 12.2 Å². The minimum atomic E-state index is -4.59. The lowest BCUT2D eigenvalue weighted by molar-refractivity contribution is -0.138. The molecule has 1 heterocycles. The Labute approximate surface area is 136 Å². The third kappa shape index (κ3) is 3.53. The molecule has 3 amide bonds. The molecule has 1 aliphatic rings. The minimum absolute atomic E-state index is 0.0301. The Kier molecular flexibility index (Phi) is 4.38. The first kappa shape index (κ1) is 18.2. The second kappa shape index (κ2) is 5.76. The van der Waals surface area contributed by atoms with E-state index in [4.69, 9.17) is 0 Å². The zero-order chi connectivity index (χ0) is 18.3. The van der Waals surface area contributed by atoms with Crippen molar-refractivity contribution in [2.24, 2.45) is 0 Å². The summed E-state index contributed by atoms with van der Waals surface area (Å²) in [6.07, 6.45) is -3.63. The van der Waals surface area contributed by atoms with Crippen LogP contribution in [-0.4, -0.2) is 43.8 Å². The van der Waals surface area contributed by atoms with Crippen molar-refractivity contribution in [3.63, 3.8) is 0 Å². The van der Waals surface area contributed by atoms with Gasteiger partial charge in [0.15, 0.2) is 0 Å². The van der Waals surface area contributed by atoms with Crippen LogP contribution in [0.1, 0.15) is 18.1 Å². The number of imide groups is 1. The molecular formula is C14H15F3N2O4S. The van der Waals surface area contributed by atoms with Crippen LogP contribution in [0, 0.1) is 0 Å². The van der Waals surface area contributed by atoms with Crippen LogP contribution in [0.25, 0.3) is 0 Å². The van der Waals surface area contributed by atoms with Crippen molar-refractivity contribution in [1.29, 1.82) is 0 Å². The van der Waals surface area contributed by atoms with Gasteiger partial charge in [-0.1, -0.05) is 12.1 Å². The van der Waals surface area contributed by atoms with Crippen molar-refractivity contribution >= 4 is 21.8 Å². The van der Waals surface area contributed by atoms with Crippen molar-refractivity contribution in [2.45, 2.75) is 18.6 Å². The molecule has 1 aromatic rings. The number of carbonyl (C=O) groups is 2. The first-order valence-electron chi connectivity index (χ1n) is 6.84. The Morgan fingerprint density at radius 1 is 1.25 bits per heavy atom. The van der Waals surface area contributed by atoms with Crippen molar-refractivity contribution in [3.8, 4) is 0 Å². The van der Waals surface area contributed by atoms with E-state index < -0.39 is 44.8 Å². The number of nitrogens with one attached hydrogen (secondary N) is 1. The number of halogens is 3. The highest BCUT2D eigenvalue weighted by Crippen LogP contribution is 2.34. The minimum Gasteiger partial charge on any atom is -0.319 e. The number of amides is 3. The number of sulfone groups is 1. The van der Waals surface area contributed by atoms with Crippen LogP contribution in [0.2, 0.25) is 0 Å². The highest BCUT2D eigenvalue weighted by atomic mass is 32.2. The lowest BCUT2D eigenvalue weighted by atomic mass is 9.90. The van der Waals surface area contributed by atoms with Gasteiger partial charge in [-0.3, -0.25) is 9.69 Å². The summed E-state index contributed by atoms with van der Waals surface area (Å²) in [5.74, 6) is -1.22. The number of hydrogen-bond acceptors (Lipinski definition) is 4. The monoisotopic (exact) mass is 364 g/mol. The van der Waals surface area contributed by atoms with Gasteiger partial charge in [0.25, 0.3) is 5.91 Å². The van der Waals surface area contributed by atoms with Crippen LogP contribution in [-0.2, 0) is 26.3 Å². The van der Waals surface area contributed by atoms with Gasteiger partial charge in [0.1, 0.15) is 15.4 Å². The summed E-state index contributed by atoms with van der Waals surface area (Å²) in [6.45, 7) is 0.918. The van der Waals surface area contributed by atoms with E-state index >= 15 is 0 Å². The van der Waals surface area contributed by atoms with E-state index in [2.05, 4.69) is 5.32 Å². The van der Waals surface area contributed by atoms with Gasteiger partial charge in [0.2, 0.25) is 0 Å². The fourth-order valence-corrected chi connectivity index (χ4v) is 2.87. The molecule has 0 saturated carbocycles. The fourth-order valence-electron chi connectivity index (χ4n) is 2.36. The number of nitrogens with zero attached hydrogens (tertiary/aromatic N) is 1. The second-order valence-corrected chi connectivity index (χ2v) is 7.98. The van der Waals surface area contributed by atoms with E-state index in [1.807, 2.05) is 0 Å². The zero-order valence-electron chi connectivity index (χ0n) is 12.8. The molecule has 24 heavy (non-hydrogen) atoms. The standard InChI is InChI=1S/C14H15F3N2O4S/c1-13(9-4-3-5-10(8-9)14(15,16)17)11(20)19(12(21)18-13)6-7-24(2,22)23/h3-5,8H,6-7H2,1-2H3,(H,18,21). The zero-order valence-corrected chi connectivity index (χ0v) is 13.7. The SMILES string of the molecule is CC1(c2cccc(C(F)(F)F)c2)NC(=O)N(CCS(C)(=O)=O)C1=O. The van der Waals surface area contributed by atoms with Gasteiger partial charge in [-0.05, 0) is 24.6 Å². The Bertz CT molecular complexity index is 791. The Morgan fingerprint density at radius 3 is 2.42 bits per heavy atom. The predicted octanol–water partition coefficient (Wildman–Crippen LogP) is 1.52. The van der Waals surface area contributed by atoms with Crippen LogP contribution in [0.3, 0.4) is 0 Å². The maximum Gasteiger partial charge on any atom is 0.416 e. The highest BCUT2D eigenvalue weighted by Gasteiger charge is 2.49. The van der Waals surface area contributed by atoms with Crippen LogP contribution < -0.4 is 5.32 Å². The molecule has 10 heteroatoms. The highest BCUT2D eigenvalue weighted by molar-refractivity contribution is 7.90. The number of carbonyl (C=O) groups excluding carboxylic acids is 2. The first-order valence-corrected chi connectivity index (χ1v) is 8.90. The average molecular weight is 364 g/mol. The summed E-state index contributed by atoms with van der Waals surface area (Å²) in [7, 11) is -3.41. The molecule has 2 rings (SSSR count). The summed E-state index contributed by atoms with van der Waals surface area (Å²) in [6, 6.07) is 3.24. The van der Waals surface area contributed by atoms with Gasteiger partial charge in [-0.25, -0.2) is 13.2 Å². The lowest BCUT2D eigenvalue weighted by Gasteiger charge is -2.23. The summed E-state index contributed by atoms with van der Waals surface area (Å²) in [5, 5.41) is 2.34. The molecule has 0 aliphatic carbocycles. The number of rotatable bonds is 4. The van der Waals surface area contributed by atoms with Crippen molar-refractivity contribution in [3.05, 3.63) is 35.4 Å². The molecule has 0 radical (unpaired) electrons. The summed E-state index contributed by atoms with van der Waals surface area (Å²) >= 11 is 0. The van der Waals surface area contributed by atoms with Gasteiger partial charge in [0, 0.05) is 12.8 Å². The van der Waals surface area contributed by atoms with Crippen LogP contribution in [0.15, 0.2) is 24.3 Å². The lowest BCUT2D eigenvalue weighted by Crippen LogP contribution is -2.41. The summed E-state index contributed by atoms with van der Waals surface area (Å²) in [5.41, 5.74) is -2.66. The quantitative estimate of drug-likeness (QED) is 0.821. The molecule has 0 aromatic heterocycles. The Morgan fingerprint density at radius 2 is 1.88 bits per heavy atom. The first-order chi connectivity index (χ1) is 10.8. The molecule has 1 N–H and O–H groups in total. The molecule has 132 valence electrons. The maximum absolute atomic E-state index is 12.8. The fraction of sp³-hybridized carbons (Fsp3) is 0.429. The molecule has 1 unspecified atom stereocenters. The predicted molar refractivity (Wildman–Crippen MR) is 78.8 cm³/mol. The Hall–Kier alpha value is -2.10. The van der Waals surface area contributed by atoms with E-state index in [0.717, 1.165) is 24.5 Å². The number of benzene rings is 1. The van der Waals surface area contributed by atoms with Crippen LogP contribution in [0.4, 0.5) is 18.0 Å². The molecule has 1 aromatic carbocycles. The van der Waals surface area contributed by atoms with Crippen molar-refractivity contribution in [2.75, 3.05) is 18.6 Å². The molecule has 0 bridgehead atoms. The second-order valence-electron chi connectivity index (χ2n) is 5.72. The molecule has 0 spiro atoms. The topological polar surface area (TPSA) is 83.6 Å². The van der Waals surface area contributed by atoms with Crippen LogP contribution >= 0.6 is 0 Å². The van der Waals surface area contributed by atoms with Crippen molar-refractivity contribution in [1.82, 2.24) is 10.2 Å². The van der Waals surface area contributed by atoms with Gasteiger partial charge in [0.05, 0.1) is 11.3 Å². The Balaban J connectivity index is 2.34. The van der Waals surface area contributed by atoms with E-state index in [1.165, 1.54) is 13.0 Å². The van der Waals surface area contributed by atoms with E-state index in [9.17, 15) is 31.2 Å². The van der Waals surface area contributed by atoms with Gasteiger partial charge in [-0.15, -0.1) is 0 Å². The average Bonchev–Trinajstić information content (AvgIpc) is 2.66. The smallest absolute Gasteiger partial charge is 0.319 e. The third-order valence-corrected chi connectivity index (χ3v) is 4.65. The molecule has 1 fully saturated rings. The van der Waals surface area contributed by atoms with Crippen LogP contribution in [0.5, 0.6) is 0 Å². The van der Waals surface area contributed by atoms with E-state index in [0.29, 0.717) is 4.90 Å². The molecule has 6 nitrogen and oxygen atoms in total. The molecular weight excluding hydrogens is 349 g/mol. The molecule has 1 aliphatic heterocycles. The summed E-state index contributed by atoms with van der Waals surface area (Å²) < 4.78 is 60.9. The van der Waals surface area contributed by atoms with Crippen molar-refractivity contribution < 1.29 is 31.2 Å². The number of hydrogen-bond donors (Lipinski definition) is 1. The van der Waals surface area contributed by atoms with Gasteiger partial charge in [-0.2, -0.15) is 13.2 Å². The molecule has 1 saturated heterocycles. The van der Waals surface area contributed by atoms with E-state index in [1.54, 1.807) is 0 Å². The van der Waals surface area contributed by atoms with Gasteiger partial charge < -0.3 is 5.32 Å². The third-order valence-electron chi connectivity index (χ3n) is 3.73. The number of urea groups is 1. The molecule has 1 atom stereocenters. The normalized spacial score (nSPS) is 22.0. The van der Waals surface area contributed by atoms with E-state index in [-0.39, 0.29) is 12.1 Å². The maximum atomic E-state index is 12.8.